The molecule has 3 atom stereocenters. The summed E-state index contributed by atoms with van der Waals surface area (Å²) in [7, 11) is 0. The highest BCUT2D eigenvalue weighted by molar-refractivity contribution is 5.88. The highest BCUT2D eigenvalue weighted by atomic mass is 16.7. The summed E-state index contributed by atoms with van der Waals surface area (Å²) in [5.41, 5.74) is 0.434. The number of carbonyl (C=O) groups excluding carboxylic acids is 3. The van der Waals surface area contributed by atoms with E-state index in [1.165, 1.54) is 5.06 Å². The average Bonchev–Trinajstić information content (AvgIpc) is 3.30. The van der Waals surface area contributed by atoms with E-state index in [-0.39, 0.29) is 30.1 Å². The molecule has 1 aromatic rings. The average molecular weight is 445 g/mol. The Morgan fingerprint density at radius 1 is 1.09 bits per heavy atom. The molecule has 0 saturated carbocycles. The zero-order valence-electron chi connectivity index (χ0n) is 19.0. The number of rotatable bonds is 5. The molecule has 0 aliphatic carbocycles. The highest BCUT2D eigenvalue weighted by Crippen LogP contribution is 2.31. The molecule has 0 unspecified atom stereocenters. The Balaban J connectivity index is 1.29. The van der Waals surface area contributed by atoms with Crippen LogP contribution in [0.1, 0.15) is 45.6 Å². The number of fused-ring (bicyclic) bond motifs is 2. The van der Waals surface area contributed by atoms with E-state index in [0.29, 0.717) is 45.5 Å². The highest BCUT2D eigenvalue weighted by Gasteiger charge is 2.48. The van der Waals surface area contributed by atoms with Crippen molar-refractivity contribution in [1.82, 2.24) is 20.2 Å². The Morgan fingerprint density at radius 2 is 1.84 bits per heavy atom. The molecule has 3 heterocycles. The zero-order valence-corrected chi connectivity index (χ0v) is 19.0. The lowest BCUT2D eigenvalue weighted by Crippen LogP contribution is -2.52. The lowest BCUT2D eigenvalue weighted by atomic mass is 10.00. The Labute approximate surface area is 188 Å². The van der Waals surface area contributed by atoms with Crippen LogP contribution in [0.15, 0.2) is 30.3 Å². The van der Waals surface area contributed by atoms with Crippen molar-refractivity contribution in [3.8, 4) is 0 Å². The second kappa shape index (κ2) is 8.97. The van der Waals surface area contributed by atoms with Crippen molar-refractivity contribution in [2.45, 2.75) is 70.4 Å². The lowest BCUT2D eigenvalue weighted by Gasteiger charge is -2.30. The van der Waals surface area contributed by atoms with Crippen LogP contribution in [0.25, 0.3) is 0 Å². The summed E-state index contributed by atoms with van der Waals surface area (Å²) in [6.07, 6.45) is 1.61. The molecule has 174 valence electrons. The molecule has 0 aromatic heterocycles. The first-order valence-corrected chi connectivity index (χ1v) is 11.3. The maximum absolute atomic E-state index is 13.0. The molecule has 3 saturated heterocycles. The standard InChI is InChI=1S/C23H32N4O5/c1-23(2,3)32-22(30)25-12-11-17(13-25)24-20(28)19-10-9-18-14-26(19)21(29)27(18)31-15-16-7-5-4-6-8-16/h4-8,17-19H,9-15H2,1-3H3,(H,24,28)/t17-,18+,19-/m0/s1. The number of hydrogen-bond donors (Lipinski definition) is 1. The first-order chi connectivity index (χ1) is 15.2. The summed E-state index contributed by atoms with van der Waals surface area (Å²) in [6.45, 7) is 7.24. The number of ether oxygens (including phenoxy) is 1. The number of nitrogens with zero attached hydrogens (tertiary/aromatic N) is 3. The maximum atomic E-state index is 13.0. The number of benzene rings is 1. The van der Waals surface area contributed by atoms with Crippen LogP contribution >= 0.6 is 0 Å². The molecule has 3 aliphatic heterocycles. The molecule has 9 heteroatoms. The fraction of sp³-hybridized carbons (Fsp3) is 0.609. The third kappa shape index (κ3) is 4.98. The van der Waals surface area contributed by atoms with Gasteiger partial charge in [0, 0.05) is 25.7 Å². The van der Waals surface area contributed by atoms with Crippen LogP contribution in [-0.2, 0) is 21.0 Å². The van der Waals surface area contributed by atoms with Gasteiger partial charge < -0.3 is 19.9 Å². The van der Waals surface area contributed by atoms with E-state index in [4.69, 9.17) is 9.57 Å². The molecule has 0 radical (unpaired) electrons. The van der Waals surface area contributed by atoms with Crippen molar-refractivity contribution in [1.29, 1.82) is 0 Å². The van der Waals surface area contributed by atoms with Gasteiger partial charge in [-0.25, -0.2) is 9.59 Å². The van der Waals surface area contributed by atoms with Crippen LogP contribution in [0.5, 0.6) is 0 Å². The second-order valence-electron chi connectivity index (χ2n) is 9.69. The minimum atomic E-state index is -0.554. The minimum absolute atomic E-state index is 0.0376. The van der Waals surface area contributed by atoms with E-state index in [1.807, 2.05) is 51.1 Å². The van der Waals surface area contributed by atoms with Gasteiger partial charge >= 0.3 is 12.1 Å². The number of amides is 4. The number of carbonyl (C=O) groups is 3. The Hall–Kier alpha value is -2.81. The van der Waals surface area contributed by atoms with E-state index in [9.17, 15) is 14.4 Å². The number of nitrogens with one attached hydrogen (secondary N) is 1. The van der Waals surface area contributed by atoms with Crippen LogP contribution in [0.2, 0.25) is 0 Å². The van der Waals surface area contributed by atoms with Gasteiger partial charge in [0.2, 0.25) is 5.91 Å². The first kappa shape index (κ1) is 22.4. The SMILES string of the molecule is CC(C)(C)OC(=O)N1CC[C@H](NC(=O)[C@@H]2CC[C@@H]3CN2C(=O)N3OCc2ccccc2)C1. The van der Waals surface area contributed by atoms with Gasteiger partial charge in [-0.2, -0.15) is 5.06 Å². The predicted octanol–water partition coefficient (Wildman–Crippen LogP) is 2.51. The van der Waals surface area contributed by atoms with E-state index < -0.39 is 11.6 Å². The van der Waals surface area contributed by atoms with Crippen LogP contribution in [0.3, 0.4) is 0 Å². The van der Waals surface area contributed by atoms with Crippen molar-refractivity contribution in [2.75, 3.05) is 19.6 Å². The van der Waals surface area contributed by atoms with Gasteiger partial charge in [0.05, 0.1) is 6.04 Å². The monoisotopic (exact) mass is 444 g/mol. The second-order valence-corrected chi connectivity index (χ2v) is 9.69. The third-order valence-corrected chi connectivity index (χ3v) is 6.02. The fourth-order valence-electron chi connectivity index (χ4n) is 4.46. The van der Waals surface area contributed by atoms with E-state index in [2.05, 4.69) is 5.32 Å². The molecule has 3 fully saturated rings. The largest absolute Gasteiger partial charge is 0.444 e. The van der Waals surface area contributed by atoms with Gasteiger partial charge in [0.1, 0.15) is 18.2 Å². The summed E-state index contributed by atoms with van der Waals surface area (Å²) in [5, 5.41) is 4.46. The smallest absolute Gasteiger partial charge is 0.410 e. The van der Waals surface area contributed by atoms with Gasteiger partial charge in [-0.15, -0.1) is 0 Å². The van der Waals surface area contributed by atoms with Gasteiger partial charge in [0.15, 0.2) is 0 Å². The third-order valence-electron chi connectivity index (χ3n) is 6.02. The van der Waals surface area contributed by atoms with E-state index in [0.717, 1.165) is 5.56 Å². The Kier molecular flexibility index (Phi) is 6.28. The number of hydroxylamine groups is 2. The summed E-state index contributed by atoms with van der Waals surface area (Å²) < 4.78 is 5.41. The number of piperidine rings is 1. The number of hydrogen-bond acceptors (Lipinski definition) is 5. The van der Waals surface area contributed by atoms with Crippen molar-refractivity contribution in [3.05, 3.63) is 35.9 Å². The fourth-order valence-corrected chi connectivity index (χ4v) is 4.46. The first-order valence-electron chi connectivity index (χ1n) is 11.3. The van der Waals surface area contributed by atoms with Gasteiger partial charge in [0.25, 0.3) is 0 Å². The quantitative estimate of drug-likeness (QED) is 0.754. The van der Waals surface area contributed by atoms with Crippen molar-refractivity contribution in [2.24, 2.45) is 0 Å². The predicted molar refractivity (Wildman–Crippen MR) is 116 cm³/mol. The molecule has 1 N–H and O–H groups in total. The molecular weight excluding hydrogens is 412 g/mol. The van der Waals surface area contributed by atoms with Crippen LogP contribution in [0, 0.1) is 0 Å². The van der Waals surface area contributed by atoms with Crippen molar-refractivity contribution in [3.63, 3.8) is 0 Å². The molecule has 32 heavy (non-hydrogen) atoms. The van der Waals surface area contributed by atoms with Crippen LogP contribution < -0.4 is 5.32 Å². The normalized spacial score (nSPS) is 25.3. The summed E-state index contributed by atoms with van der Waals surface area (Å²) in [5.74, 6) is -0.169. The lowest BCUT2D eigenvalue weighted by molar-refractivity contribution is -0.140. The number of urea groups is 1. The molecular formula is C23H32N4O5. The molecule has 0 spiro atoms. The molecule has 3 aliphatic rings. The van der Waals surface area contributed by atoms with Gasteiger partial charge in [-0.3, -0.25) is 9.63 Å². The van der Waals surface area contributed by atoms with Crippen molar-refractivity contribution < 1.29 is 24.0 Å². The zero-order chi connectivity index (χ0) is 22.9. The summed E-state index contributed by atoms with van der Waals surface area (Å²) in [6, 6.07) is 8.74. The van der Waals surface area contributed by atoms with Crippen LogP contribution in [-0.4, -0.2) is 76.3 Å². The van der Waals surface area contributed by atoms with Gasteiger partial charge in [-0.1, -0.05) is 30.3 Å². The minimum Gasteiger partial charge on any atom is -0.444 e. The van der Waals surface area contributed by atoms with Crippen molar-refractivity contribution >= 4 is 18.0 Å². The Bertz CT molecular complexity index is 856. The van der Waals surface area contributed by atoms with E-state index >= 15 is 0 Å². The molecule has 9 nitrogen and oxygen atoms in total. The number of likely N-dealkylation sites (tertiary alicyclic amines) is 1. The van der Waals surface area contributed by atoms with Crippen LogP contribution in [0.4, 0.5) is 9.59 Å². The molecule has 2 bridgehead atoms. The molecule has 4 amide bonds. The molecule has 4 rings (SSSR count). The molecule has 1 aromatic carbocycles. The van der Waals surface area contributed by atoms with E-state index in [1.54, 1.807) is 9.80 Å². The topological polar surface area (TPSA) is 91.4 Å². The Morgan fingerprint density at radius 3 is 2.56 bits per heavy atom. The summed E-state index contributed by atoms with van der Waals surface area (Å²) in [4.78, 5) is 47.2. The summed E-state index contributed by atoms with van der Waals surface area (Å²) >= 11 is 0. The maximum Gasteiger partial charge on any atom is 0.410 e. The van der Waals surface area contributed by atoms with Gasteiger partial charge in [-0.05, 0) is 45.6 Å².